The third-order valence-corrected chi connectivity index (χ3v) is 9.77. The first kappa shape index (κ1) is 57.3. The lowest BCUT2D eigenvalue weighted by atomic mass is 10.1. The van der Waals surface area contributed by atoms with Gasteiger partial charge < -0.3 is 34.4 Å². The Kier molecular flexibility index (Phi) is 37.3. The molecule has 0 saturated heterocycles. The summed E-state index contributed by atoms with van der Waals surface area (Å²) in [6.07, 6.45) is 40.4. The summed E-state index contributed by atoms with van der Waals surface area (Å²) in [5.74, 6) is -1.16. The van der Waals surface area contributed by atoms with Crippen LogP contribution < -0.4 is 0 Å². The highest BCUT2D eigenvalue weighted by Gasteiger charge is 2.28. The van der Waals surface area contributed by atoms with Gasteiger partial charge in [-0.1, -0.05) is 131 Å². The van der Waals surface area contributed by atoms with Crippen molar-refractivity contribution in [2.24, 2.45) is 0 Å². The molecule has 0 spiro atoms. The third kappa shape index (κ3) is 42.0. The normalized spacial score (nSPS) is 15.4. The van der Waals surface area contributed by atoms with Gasteiger partial charge in [0.05, 0.1) is 25.9 Å². The summed E-state index contributed by atoms with van der Waals surface area (Å²) in [6.45, 7) is 1.43. The van der Waals surface area contributed by atoms with Gasteiger partial charge in [0.2, 0.25) is 0 Å². The summed E-state index contributed by atoms with van der Waals surface area (Å²) < 4.78 is 47.6. The van der Waals surface area contributed by atoms with Gasteiger partial charge >= 0.3 is 27.6 Å². The minimum atomic E-state index is -4.88. The molecular weight excluding hydrogens is 814 g/mol. The molecule has 0 bridgehead atoms. The molecule has 14 nitrogen and oxygen atoms in total. The van der Waals surface area contributed by atoms with Gasteiger partial charge in [-0.2, -0.15) is 0 Å². The van der Waals surface area contributed by atoms with Gasteiger partial charge in [-0.05, 0) is 77.0 Å². The molecule has 16 heteroatoms. The van der Waals surface area contributed by atoms with Crippen LogP contribution >= 0.6 is 15.6 Å². The van der Waals surface area contributed by atoms with E-state index in [0.717, 1.165) is 57.8 Å². The van der Waals surface area contributed by atoms with Gasteiger partial charge in [0.1, 0.15) is 12.7 Å². The van der Waals surface area contributed by atoms with E-state index in [1.807, 2.05) is 36.5 Å². The van der Waals surface area contributed by atoms with Crippen molar-refractivity contribution in [1.29, 1.82) is 0 Å². The Morgan fingerprint density at radius 1 is 0.567 bits per heavy atom. The molecule has 0 rings (SSSR count). The van der Waals surface area contributed by atoms with E-state index in [1.165, 1.54) is 19.3 Å². The zero-order valence-electron chi connectivity index (χ0n) is 35.9. The predicted octanol–water partition coefficient (Wildman–Crippen LogP) is 9.75. The zero-order valence-corrected chi connectivity index (χ0v) is 37.7. The first-order valence-electron chi connectivity index (χ1n) is 21.4. The highest BCUT2D eigenvalue weighted by Crippen LogP contribution is 2.43. The molecule has 0 aliphatic carbocycles. The molecule has 0 radical (unpaired) electrons. The Hall–Kier alpha value is -2.74. The maximum Gasteiger partial charge on any atom is 0.472 e. The van der Waals surface area contributed by atoms with Crippen LogP contribution in [-0.4, -0.2) is 81.6 Å². The second-order valence-corrected chi connectivity index (χ2v) is 16.8. The van der Waals surface area contributed by atoms with Gasteiger partial charge in [-0.25, -0.2) is 9.13 Å². The van der Waals surface area contributed by atoms with Crippen molar-refractivity contribution >= 4 is 27.6 Å². The Morgan fingerprint density at radius 2 is 1.12 bits per heavy atom. The predicted molar refractivity (Wildman–Crippen MR) is 236 cm³/mol. The Bertz CT molecular complexity index is 1400. The Labute approximate surface area is 359 Å². The number of unbranched alkanes of at least 4 members (excludes halogenated alkanes) is 9. The summed E-state index contributed by atoms with van der Waals surface area (Å²) in [4.78, 5) is 52.6. The smallest absolute Gasteiger partial charge is 0.462 e. The maximum atomic E-state index is 12.6. The molecule has 1 unspecified atom stereocenters. The van der Waals surface area contributed by atoms with Crippen molar-refractivity contribution in [2.75, 3.05) is 26.4 Å². The first-order chi connectivity index (χ1) is 28.8. The maximum absolute atomic E-state index is 12.6. The standard InChI is InChI=1S/C44H74O14P2/c1-3-5-7-9-11-12-13-14-15-16-17-18-22-26-30-34-43(47)54-38-42(39-57-60(52,53)56-37-41(46)36-55-59(49,50)51)58-44(48)35-31-27-23-20-19-21-25-29-33-40(45)32-28-24-10-8-6-4-2/h5,7,11-12,14-15,20-21,23-25,28-29,33,40-42,45-46H,3-4,6,8-10,13,16-19,22,26-27,30-32,34-39H2,1-2H3,(H,52,53)(H2,49,50,51)/b7-5-,12-11-,15-14-,23-20-,25-21-,28-24-,33-29+/t40-,41-,42+/m0/s1. The number of phosphoric acid groups is 2. The Morgan fingerprint density at radius 3 is 1.80 bits per heavy atom. The van der Waals surface area contributed by atoms with Crippen LogP contribution in [0.5, 0.6) is 0 Å². The number of aliphatic hydroxyl groups excluding tert-OH is 2. The average Bonchev–Trinajstić information content (AvgIpc) is 3.20. The molecule has 0 heterocycles. The quantitative estimate of drug-likeness (QED) is 0.0128. The Balaban J connectivity index is 4.73. The number of carbonyl (C=O) groups is 2. The SMILES string of the molecule is CC/C=C\C/C=C\C/C=C\CCCCCCCC(=O)OC[C@H](COP(=O)(O)OC[C@@H](O)COP(=O)(O)O)OC(=O)CCC/C=C\C/C=C\C=C\[C@@H](O)C/C=C\CCCCC. The molecule has 344 valence electrons. The van der Waals surface area contributed by atoms with E-state index < -0.39 is 72.3 Å². The van der Waals surface area contributed by atoms with E-state index in [9.17, 15) is 33.8 Å². The van der Waals surface area contributed by atoms with Gasteiger partial charge in [0.25, 0.3) is 0 Å². The molecular formula is C44H74O14P2. The van der Waals surface area contributed by atoms with Gasteiger partial charge in [0, 0.05) is 12.8 Å². The molecule has 0 fully saturated rings. The second-order valence-electron chi connectivity index (χ2n) is 14.1. The number of ether oxygens (including phenoxy) is 2. The topological polar surface area (TPSA) is 216 Å². The number of esters is 2. The third-order valence-electron chi connectivity index (χ3n) is 8.34. The lowest BCUT2D eigenvalue weighted by Gasteiger charge is -2.20. The monoisotopic (exact) mass is 888 g/mol. The van der Waals surface area contributed by atoms with Gasteiger partial charge in [0.15, 0.2) is 6.10 Å². The van der Waals surface area contributed by atoms with Crippen molar-refractivity contribution in [2.45, 2.75) is 154 Å². The van der Waals surface area contributed by atoms with Crippen molar-refractivity contribution in [1.82, 2.24) is 0 Å². The van der Waals surface area contributed by atoms with E-state index in [2.05, 4.69) is 65.4 Å². The fraction of sp³-hybridized carbons (Fsp3) is 0.636. The first-order valence-corrected chi connectivity index (χ1v) is 24.4. The average molecular weight is 889 g/mol. The van der Waals surface area contributed by atoms with Gasteiger partial charge in [-0.3, -0.25) is 23.2 Å². The fourth-order valence-electron chi connectivity index (χ4n) is 5.08. The van der Waals surface area contributed by atoms with Crippen molar-refractivity contribution in [3.63, 3.8) is 0 Å². The zero-order chi connectivity index (χ0) is 44.6. The van der Waals surface area contributed by atoms with Gasteiger partial charge in [-0.15, -0.1) is 0 Å². The number of allylic oxidation sites excluding steroid dienone is 12. The molecule has 0 aliphatic heterocycles. The van der Waals surface area contributed by atoms with Crippen LogP contribution in [0.1, 0.15) is 136 Å². The van der Waals surface area contributed by atoms with Crippen molar-refractivity contribution < 1.29 is 66.7 Å². The largest absolute Gasteiger partial charge is 0.472 e. The molecule has 60 heavy (non-hydrogen) atoms. The van der Waals surface area contributed by atoms with Crippen LogP contribution in [-0.2, 0) is 41.8 Å². The van der Waals surface area contributed by atoms with E-state index >= 15 is 0 Å². The van der Waals surface area contributed by atoms with E-state index in [0.29, 0.717) is 32.1 Å². The highest BCUT2D eigenvalue weighted by molar-refractivity contribution is 7.47. The lowest BCUT2D eigenvalue weighted by molar-refractivity contribution is -0.161. The highest BCUT2D eigenvalue weighted by atomic mass is 31.2. The number of rotatable bonds is 39. The van der Waals surface area contributed by atoms with Crippen LogP contribution in [0, 0.1) is 0 Å². The fourth-order valence-corrected chi connectivity index (χ4v) is 6.24. The summed E-state index contributed by atoms with van der Waals surface area (Å²) >= 11 is 0. The molecule has 0 aromatic carbocycles. The summed E-state index contributed by atoms with van der Waals surface area (Å²) in [6, 6.07) is 0. The molecule has 0 aliphatic rings. The molecule has 5 N–H and O–H groups in total. The molecule has 0 saturated carbocycles. The molecule has 0 aromatic heterocycles. The second kappa shape index (κ2) is 39.1. The van der Waals surface area contributed by atoms with E-state index in [1.54, 1.807) is 6.08 Å². The van der Waals surface area contributed by atoms with E-state index in [-0.39, 0.29) is 12.8 Å². The summed E-state index contributed by atoms with van der Waals surface area (Å²) in [5, 5.41) is 19.8. The molecule has 0 amide bonds. The lowest BCUT2D eigenvalue weighted by Crippen LogP contribution is -2.29. The number of hydrogen-bond donors (Lipinski definition) is 5. The summed E-state index contributed by atoms with van der Waals surface area (Å²) in [7, 11) is -9.73. The number of hydrogen-bond acceptors (Lipinski definition) is 11. The van der Waals surface area contributed by atoms with Crippen LogP contribution in [0.4, 0.5) is 0 Å². The number of aliphatic hydroxyl groups is 2. The van der Waals surface area contributed by atoms with Crippen molar-refractivity contribution in [3.8, 4) is 0 Å². The van der Waals surface area contributed by atoms with Crippen molar-refractivity contribution in [3.05, 3.63) is 85.1 Å². The molecule has 0 aromatic rings. The van der Waals surface area contributed by atoms with Crippen LogP contribution in [0.25, 0.3) is 0 Å². The van der Waals surface area contributed by atoms with Crippen LogP contribution in [0.3, 0.4) is 0 Å². The van der Waals surface area contributed by atoms with Crippen LogP contribution in [0.15, 0.2) is 85.1 Å². The summed E-state index contributed by atoms with van der Waals surface area (Å²) in [5.41, 5.74) is 0. The molecule has 4 atom stereocenters. The minimum Gasteiger partial charge on any atom is -0.462 e. The minimum absolute atomic E-state index is 0.0150. The number of phosphoric ester groups is 2. The number of carbonyl (C=O) groups excluding carboxylic acids is 2. The van der Waals surface area contributed by atoms with E-state index in [4.69, 9.17) is 23.8 Å². The van der Waals surface area contributed by atoms with Crippen LogP contribution in [0.2, 0.25) is 0 Å².